The molecule has 40 valence electrons. The summed E-state index contributed by atoms with van der Waals surface area (Å²) >= 11 is 3.28. The first-order valence-corrected chi connectivity index (χ1v) is 3.01. The summed E-state index contributed by atoms with van der Waals surface area (Å²) in [7, 11) is 2.01. The number of nitrogens with zero attached hydrogens (tertiary/aromatic N) is 2. The molecule has 0 atom stereocenters. The van der Waals surface area contributed by atoms with Crippen LogP contribution in [0.15, 0.2) is 4.99 Å². The summed E-state index contributed by atoms with van der Waals surface area (Å²) in [4.78, 5) is 6.15. The van der Waals surface area contributed by atoms with Crippen molar-refractivity contribution >= 4 is 20.7 Å². The molecule has 1 rings (SSSR count). The molecule has 0 saturated carbocycles. The number of likely N-dealkylation sites (N-methyl/N-ethyl adjacent to an activating group) is 1. The fourth-order valence-electron chi connectivity index (χ4n) is 0.505. The maximum Gasteiger partial charge on any atom is 0.168 e. The third-order valence-corrected chi connectivity index (χ3v) is 1.85. The average molecular weight is 163 g/mol. The molecule has 0 aliphatic carbocycles. The molecule has 1 heterocycles. The van der Waals surface area contributed by atoms with Crippen molar-refractivity contribution in [3.05, 3.63) is 0 Å². The van der Waals surface area contributed by atoms with Crippen LogP contribution in [-0.4, -0.2) is 29.8 Å². The molecule has 0 radical (unpaired) electrons. The van der Waals surface area contributed by atoms with Crippen molar-refractivity contribution in [1.29, 1.82) is 0 Å². The maximum atomic E-state index is 4.08. The van der Waals surface area contributed by atoms with Crippen molar-refractivity contribution in [3.8, 4) is 0 Å². The molecule has 0 aromatic rings. The lowest BCUT2D eigenvalue weighted by atomic mass is 10.6. The van der Waals surface area contributed by atoms with E-state index in [-0.39, 0.29) is 0 Å². The van der Waals surface area contributed by atoms with Gasteiger partial charge in [-0.15, -0.1) is 0 Å². The van der Waals surface area contributed by atoms with Crippen LogP contribution in [0.25, 0.3) is 0 Å². The SMILES string of the molecule is CN1CCN=C1Br. The fraction of sp³-hybridized carbons (Fsp3) is 0.750. The van der Waals surface area contributed by atoms with Crippen LogP contribution in [0.2, 0.25) is 0 Å². The van der Waals surface area contributed by atoms with Gasteiger partial charge < -0.3 is 4.90 Å². The normalized spacial score (nSPS) is 20.3. The van der Waals surface area contributed by atoms with Gasteiger partial charge in [0.15, 0.2) is 4.74 Å². The standard InChI is InChI=1S/C4H7BrN2/c1-7-3-2-6-4(7)5/h2-3H2,1H3. The molecule has 3 heteroatoms. The van der Waals surface area contributed by atoms with E-state index in [1.807, 2.05) is 7.05 Å². The minimum absolute atomic E-state index is 0.942. The molecule has 0 aromatic carbocycles. The van der Waals surface area contributed by atoms with E-state index >= 15 is 0 Å². The van der Waals surface area contributed by atoms with E-state index in [2.05, 4.69) is 25.8 Å². The lowest BCUT2D eigenvalue weighted by molar-refractivity contribution is 0.565. The number of halogens is 1. The van der Waals surface area contributed by atoms with Crippen molar-refractivity contribution in [2.75, 3.05) is 20.1 Å². The van der Waals surface area contributed by atoms with Crippen molar-refractivity contribution in [3.63, 3.8) is 0 Å². The molecule has 7 heavy (non-hydrogen) atoms. The van der Waals surface area contributed by atoms with E-state index < -0.39 is 0 Å². The van der Waals surface area contributed by atoms with E-state index in [0.717, 1.165) is 17.8 Å². The zero-order chi connectivity index (χ0) is 5.28. The van der Waals surface area contributed by atoms with Crippen molar-refractivity contribution < 1.29 is 0 Å². The average Bonchev–Trinajstić information content (AvgIpc) is 1.91. The van der Waals surface area contributed by atoms with Gasteiger partial charge in [-0.3, -0.25) is 4.99 Å². The number of hydrogen-bond acceptors (Lipinski definition) is 2. The topological polar surface area (TPSA) is 15.6 Å². The van der Waals surface area contributed by atoms with E-state index in [4.69, 9.17) is 0 Å². The van der Waals surface area contributed by atoms with Crippen LogP contribution in [0.4, 0.5) is 0 Å². The van der Waals surface area contributed by atoms with Gasteiger partial charge in [0.05, 0.1) is 6.54 Å². The Morgan fingerprint density at radius 2 is 2.57 bits per heavy atom. The minimum atomic E-state index is 0.942. The summed E-state index contributed by atoms with van der Waals surface area (Å²) in [5, 5.41) is 0. The summed E-state index contributed by atoms with van der Waals surface area (Å²) in [6, 6.07) is 0. The van der Waals surface area contributed by atoms with Gasteiger partial charge >= 0.3 is 0 Å². The molecule has 0 N–H and O–H groups in total. The van der Waals surface area contributed by atoms with Gasteiger partial charge in [-0.2, -0.15) is 0 Å². The Morgan fingerprint density at radius 3 is 2.71 bits per heavy atom. The van der Waals surface area contributed by atoms with Gasteiger partial charge in [0, 0.05) is 13.6 Å². The number of amidine groups is 1. The van der Waals surface area contributed by atoms with Crippen LogP contribution in [0.3, 0.4) is 0 Å². The maximum absolute atomic E-state index is 4.08. The smallest absolute Gasteiger partial charge is 0.168 e. The lowest BCUT2D eigenvalue weighted by Gasteiger charge is -2.05. The number of rotatable bonds is 0. The first kappa shape index (κ1) is 5.09. The summed E-state index contributed by atoms with van der Waals surface area (Å²) in [6.45, 7) is 2.00. The van der Waals surface area contributed by atoms with Crippen LogP contribution < -0.4 is 0 Å². The Labute approximate surface area is 51.4 Å². The zero-order valence-electron chi connectivity index (χ0n) is 4.19. The Kier molecular flexibility index (Phi) is 1.32. The molecule has 1 aliphatic heterocycles. The first-order valence-electron chi connectivity index (χ1n) is 2.22. The molecule has 2 nitrogen and oxygen atoms in total. The van der Waals surface area contributed by atoms with Crippen LogP contribution >= 0.6 is 15.9 Å². The minimum Gasteiger partial charge on any atom is -0.352 e. The van der Waals surface area contributed by atoms with Crippen molar-refractivity contribution in [2.24, 2.45) is 4.99 Å². The van der Waals surface area contributed by atoms with Crippen molar-refractivity contribution in [2.45, 2.75) is 0 Å². The van der Waals surface area contributed by atoms with Gasteiger partial charge in [0.25, 0.3) is 0 Å². The number of hydrogen-bond donors (Lipinski definition) is 0. The van der Waals surface area contributed by atoms with Crippen molar-refractivity contribution in [1.82, 2.24) is 4.90 Å². The second-order valence-electron chi connectivity index (χ2n) is 1.57. The van der Waals surface area contributed by atoms with E-state index in [9.17, 15) is 0 Å². The Bertz CT molecular complexity index is 99.9. The summed E-state index contributed by atoms with van der Waals surface area (Å²) in [5.41, 5.74) is 0. The highest BCUT2D eigenvalue weighted by molar-refractivity contribution is 9.18. The third-order valence-electron chi connectivity index (χ3n) is 0.993. The van der Waals surface area contributed by atoms with Gasteiger partial charge in [-0.25, -0.2) is 0 Å². The summed E-state index contributed by atoms with van der Waals surface area (Å²) in [6.07, 6.45) is 0. The van der Waals surface area contributed by atoms with Crippen LogP contribution in [0.5, 0.6) is 0 Å². The zero-order valence-corrected chi connectivity index (χ0v) is 5.77. The predicted molar refractivity (Wildman–Crippen MR) is 33.9 cm³/mol. The number of aliphatic imine (C=N–C) groups is 1. The van der Waals surface area contributed by atoms with E-state index in [0.29, 0.717) is 0 Å². The molecule has 1 aliphatic rings. The molecular weight excluding hydrogens is 156 g/mol. The second kappa shape index (κ2) is 1.82. The van der Waals surface area contributed by atoms with Gasteiger partial charge in [-0.1, -0.05) is 0 Å². The second-order valence-corrected chi connectivity index (χ2v) is 2.28. The quantitative estimate of drug-likeness (QED) is 0.479. The Morgan fingerprint density at radius 1 is 1.86 bits per heavy atom. The van der Waals surface area contributed by atoms with Gasteiger partial charge in [-0.05, 0) is 15.9 Å². The van der Waals surface area contributed by atoms with E-state index in [1.54, 1.807) is 0 Å². The van der Waals surface area contributed by atoms with Crippen LogP contribution in [0.1, 0.15) is 0 Å². The molecular formula is C4H7BrN2. The molecule has 0 unspecified atom stereocenters. The van der Waals surface area contributed by atoms with Crippen LogP contribution in [-0.2, 0) is 0 Å². The third kappa shape index (κ3) is 0.938. The van der Waals surface area contributed by atoms with Gasteiger partial charge in [0.2, 0.25) is 0 Å². The molecule has 0 fully saturated rings. The highest BCUT2D eigenvalue weighted by Gasteiger charge is 2.06. The fourth-order valence-corrected chi connectivity index (χ4v) is 0.860. The Balaban J connectivity index is 2.54. The molecule has 0 saturated heterocycles. The highest BCUT2D eigenvalue weighted by atomic mass is 79.9. The summed E-state index contributed by atoms with van der Waals surface area (Å²) < 4.78 is 0.979. The first-order chi connectivity index (χ1) is 3.30. The highest BCUT2D eigenvalue weighted by Crippen LogP contribution is 2.02. The van der Waals surface area contributed by atoms with Crippen LogP contribution in [0, 0.1) is 0 Å². The summed E-state index contributed by atoms with van der Waals surface area (Å²) in [5.74, 6) is 0. The van der Waals surface area contributed by atoms with E-state index in [1.165, 1.54) is 0 Å². The lowest BCUT2D eigenvalue weighted by Crippen LogP contribution is -2.17. The molecule has 0 spiro atoms. The Hall–Kier alpha value is -0.0500. The largest absolute Gasteiger partial charge is 0.352 e. The molecule has 0 aromatic heterocycles. The molecule has 0 amide bonds. The molecule has 0 bridgehead atoms. The monoisotopic (exact) mass is 162 g/mol. The predicted octanol–water partition coefficient (Wildman–Crippen LogP) is 0.683. The van der Waals surface area contributed by atoms with Gasteiger partial charge in [0.1, 0.15) is 0 Å².